The van der Waals surface area contributed by atoms with Gasteiger partial charge in [-0.3, -0.25) is 14.5 Å². The number of nitrogens with zero attached hydrogens (tertiary/aromatic N) is 2. The van der Waals surface area contributed by atoms with Crippen LogP contribution in [-0.2, 0) is 9.59 Å². The molecular formula is C16H16Cl2N4O2. The second-order valence-corrected chi connectivity index (χ2v) is 5.91. The summed E-state index contributed by atoms with van der Waals surface area (Å²) in [6, 6.07) is 10.1. The number of carbonyl (C=O) groups is 2. The highest BCUT2D eigenvalue weighted by Gasteiger charge is 2.12. The minimum atomic E-state index is -0.285. The lowest BCUT2D eigenvalue weighted by Crippen LogP contribution is -2.36. The molecule has 0 aliphatic carbocycles. The summed E-state index contributed by atoms with van der Waals surface area (Å²) in [6.07, 6.45) is 1.53. The zero-order valence-electron chi connectivity index (χ0n) is 12.9. The number of halogens is 2. The Morgan fingerprint density at radius 2 is 1.67 bits per heavy atom. The van der Waals surface area contributed by atoms with Crippen molar-refractivity contribution in [1.29, 1.82) is 0 Å². The Morgan fingerprint density at radius 3 is 2.29 bits per heavy atom. The summed E-state index contributed by atoms with van der Waals surface area (Å²) in [4.78, 5) is 29.4. The smallest absolute Gasteiger partial charge is 0.238 e. The monoisotopic (exact) mass is 366 g/mol. The van der Waals surface area contributed by atoms with E-state index in [0.717, 1.165) is 0 Å². The average Bonchev–Trinajstić information content (AvgIpc) is 2.51. The standard InChI is InChI=1S/C16H16Cl2N4O2/c1-22(9-14(23)20-12-6-4-11(17)5-7-12)10-15(24)21-13-3-2-8-19-16(13)18/h2-8H,9-10H2,1H3,(H,20,23)(H,21,24). The Kier molecular flexibility index (Phi) is 6.54. The Hall–Kier alpha value is -2.15. The van der Waals surface area contributed by atoms with Crippen LogP contribution in [0.3, 0.4) is 0 Å². The molecule has 1 aromatic heterocycles. The van der Waals surface area contributed by atoms with Crippen LogP contribution in [0.5, 0.6) is 0 Å². The van der Waals surface area contributed by atoms with Crippen LogP contribution < -0.4 is 10.6 Å². The van der Waals surface area contributed by atoms with Gasteiger partial charge in [-0.1, -0.05) is 23.2 Å². The van der Waals surface area contributed by atoms with Gasteiger partial charge in [-0.15, -0.1) is 0 Å². The highest BCUT2D eigenvalue weighted by Crippen LogP contribution is 2.17. The Morgan fingerprint density at radius 1 is 1.04 bits per heavy atom. The fourth-order valence-electron chi connectivity index (χ4n) is 1.95. The summed E-state index contributed by atoms with van der Waals surface area (Å²) in [5, 5.41) is 6.19. The van der Waals surface area contributed by atoms with E-state index >= 15 is 0 Å². The summed E-state index contributed by atoms with van der Waals surface area (Å²) in [6.45, 7) is 0.107. The Labute approximate surface area is 149 Å². The molecule has 0 atom stereocenters. The van der Waals surface area contributed by atoms with Crippen molar-refractivity contribution in [2.75, 3.05) is 30.8 Å². The van der Waals surface area contributed by atoms with Gasteiger partial charge in [0, 0.05) is 16.9 Å². The highest BCUT2D eigenvalue weighted by molar-refractivity contribution is 6.32. The Balaban J connectivity index is 1.80. The van der Waals surface area contributed by atoms with Crippen molar-refractivity contribution in [3.8, 4) is 0 Å². The van der Waals surface area contributed by atoms with Crippen molar-refractivity contribution in [3.63, 3.8) is 0 Å². The van der Waals surface area contributed by atoms with Gasteiger partial charge >= 0.3 is 0 Å². The number of hydrogen-bond donors (Lipinski definition) is 2. The van der Waals surface area contributed by atoms with E-state index < -0.39 is 0 Å². The zero-order valence-corrected chi connectivity index (χ0v) is 14.4. The van der Waals surface area contributed by atoms with E-state index in [1.807, 2.05) is 0 Å². The topological polar surface area (TPSA) is 74.3 Å². The van der Waals surface area contributed by atoms with Crippen LogP contribution >= 0.6 is 23.2 Å². The van der Waals surface area contributed by atoms with Gasteiger partial charge in [0.25, 0.3) is 0 Å². The van der Waals surface area contributed by atoms with Crippen molar-refractivity contribution in [1.82, 2.24) is 9.88 Å². The number of likely N-dealkylation sites (N-methyl/N-ethyl adjacent to an activating group) is 1. The normalized spacial score (nSPS) is 10.5. The molecule has 24 heavy (non-hydrogen) atoms. The third kappa shape index (κ3) is 5.81. The number of anilines is 2. The molecule has 2 N–H and O–H groups in total. The SMILES string of the molecule is CN(CC(=O)Nc1ccc(Cl)cc1)CC(=O)Nc1cccnc1Cl. The molecule has 126 valence electrons. The predicted molar refractivity (Wildman–Crippen MR) is 95.5 cm³/mol. The van der Waals surface area contributed by atoms with Crippen molar-refractivity contribution in [2.24, 2.45) is 0 Å². The second-order valence-electron chi connectivity index (χ2n) is 5.12. The zero-order chi connectivity index (χ0) is 17.5. The van der Waals surface area contributed by atoms with Crippen LogP contribution in [0.15, 0.2) is 42.6 Å². The molecule has 0 saturated heterocycles. The van der Waals surface area contributed by atoms with Crippen molar-refractivity contribution in [2.45, 2.75) is 0 Å². The first-order chi connectivity index (χ1) is 11.4. The molecular weight excluding hydrogens is 351 g/mol. The maximum atomic E-state index is 12.0. The first-order valence-corrected chi connectivity index (χ1v) is 7.84. The van der Waals surface area contributed by atoms with E-state index in [1.165, 1.54) is 6.20 Å². The number of pyridine rings is 1. The van der Waals surface area contributed by atoms with Crippen LogP contribution in [0.25, 0.3) is 0 Å². The number of benzene rings is 1. The Bertz CT molecular complexity index is 722. The summed E-state index contributed by atoms with van der Waals surface area (Å²) in [7, 11) is 1.67. The second kappa shape index (κ2) is 8.63. The molecule has 0 saturated carbocycles. The van der Waals surface area contributed by atoms with Crippen LogP contribution in [-0.4, -0.2) is 41.8 Å². The van der Waals surface area contributed by atoms with E-state index in [2.05, 4.69) is 15.6 Å². The fourth-order valence-corrected chi connectivity index (χ4v) is 2.24. The van der Waals surface area contributed by atoms with Crippen molar-refractivity contribution in [3.05, 3.63) is 52.8 Å². The van der Waals surface area contributed by atoms with Gasteiger partial charge in [-0.2, -0.15) is 0 Å². The lowest BCUT2D eigenvalue weighted by molar-refractivity contribution is -0.119. The maximum absolute atomic E-state index is 12.0. The van der Waals surface area contributed by atoms with Gasteiger partial charge in [-0.05, 0) is 43.4 Å². The summed E-state index contributed by atoms with van der Waals surface area (Å²) in [5.74, 6) is -0.515. The highest BCUT2D eigenvalue weighted by atomic mass is 35.5. The van der Waals surface area contributed by atoms with E-state index in [1.54, 1.807) is 48.3 Å². The molecule has 1 aromatic carbocycles. The van der Waals surface area contributed by atoms with Gasteiger partial charge in [0.15, 0.2) is 5.15 Å². The van der Waals surface area contributed by atoms with Gasteiger partial charge < -0.3 is 10.6 Å². The molecule has 2 aromatic rings. The molecule has 6 nitrogen and oxygen atoms in total. The molecule has 2 rings (SSSR count). The van der Waals surface area contributed by atoms with E-state index in [0.29, 0.717) is 16.4 Å². The minimum absolute atomic E-state index is 0.0409. The quantitative estimate of drug-likeness (QED) is 0.770. The number of amides is 2. The van der Waals surface area contributed by atoms with Gasteiger partial charge in [-0.25, -0.2) is 4.98 Å². The molecule has 0 radical (unpaired) electrons. The summed E-state index contributed by atoms with van der Waals surface area (Å²) < 4.78 is 0. The van der Waals surface area contributed by atoms with Crippen LogP contribution in [0.2, 0.25) is 10.2 Å². The molecule has 0 bridgehead atoms. The molecule has 0 aliphatic heterocycles. The first-order valence-electron chi connectivity index (χ1n) is 7.08. The molecule has 2 amide bonds. The molecule has 0 spiro atoms. The van der Waals surface area contributed by atoms with Gasteiger partial charge in [0.1, 0.15) is 0 Å². The summed E-state index contributed by atoms with van der Waals surface area (Å²) >= 11 is 11.7. The van der Waals surface area contributed by atoms with Crippen molar-refractivity contribution >= 4 is 46.4 Å². The van der Waals surface area contributed by atoms with Crippen LogP contribution in [0.4, 0.5) is 11.4 Å². The van der Waals surface area contributed by atoms with Gasteiger partial charge in [0.2, 0.25) is 11.8 Å². The number of nitrogens with one attached hydrogen (secondary N) is 2. The van der Waals surface area contributed by atoms with Gasteiger partial charge in [0.05, 0.1) is 18.8 Å². The van der Waals surface area contributed by atoms with Crippen molar-refractivity contribution < 1.29 is 9.59 Å². The summed E-state index contributed by atoms with van der Waals surface area (Å²) in [5.41, 5.74) is 1.08. The molecule has 0 fully saturated rings. The fraction of sp³-hybridized carbons (Fsp3) is 0.188. The number of carbonyl (C=O) groups excluding carboxylic acids is 2. The first kappa shape index (κ1) is 18.2. The van der Waals surface area contributed by atoms with Crippen LogP contribution in [0.1, 0.15) is 0 Å². The third-order valence-electron chi connectivity index (χ3n) is 2.99. The van der Waals surface area contributed by atoms with E-state index in [9.17, 15) is 9.59 Å². The molecule has 8 heteroatoms. The lowest BCUT2D eigenvalue weighted by Gasteiger charge is -2.16. The number of rotatable bonds is 6. The maximum Gasteiger partial charge on any atom is 0.238 e. The van der Waals surface area contributed by atoms with Crippen LogP contribution in [0, 0.1) is 0 Å². The third-order valence-corrected chi connectivity index (χ3v) is 3.54. The van der Waals surface area contributed by atoms with E-state index in [4.69, 9.17) is 23.2 Å². The largest absolute Gasteiger partial charge is 0.325 e. The molecule has 1 heterocycles. The van der Waals surface area contributed by atoms with E-state index in [-0.39, 0.29) is 30.1 Å². The minimum Gasteiger partial charge on any atom is -0.325 e. The predicted octanol–water partition coefficient (Wildman–Crippen LogP) is 2.90. The average molecular weight is 367 g/mol. The number of hydrogen-bond acceptors (Lipinski definition) is 4. The number of aromatic nitrogens is 1. The lowest BCUT2D eigenvalue weighted by atomic mass is 10.3. The molecule has 0 unspecified atom stereocenters. The molecule has 0 aliphatic rings.